The monoisotopic (exact) mass is 413 g/mol. The third-order valence-corrected chi connectivity index (χ3v) is 6.09. The van der Waals surface area contributed by atoms with E-state index in [1.54, 1.807) is 0 Å². The smallest absolute Gasteiger partial charge is 0.257 e. The van der Waals surface area contributed by atoms with E-state index in [-0.39, 0.29) is 12.1 Å². The van der Waals surface area contributed by atoms with Crippen LogP contribution in [-0.4, -0.2) is 43.7 Å². The molecule has 1 amide bonds. The van der Waals surface area contributed by atoms with E-state index in [0.717, 1.165) is 49.5 Å². The Morgan fingerprint density at radius 3 is 2.35 bits per heavy atom. The van der Waals surface area contributed by atoms with Crippen molar-refractivity contribution in [2.75, 3.05) is 43.1 Å². The zero-order valence-corrected chi connectivity index (χ0v) is 17.5. The summed E-state index contributed by atoms with van der Waals surface area (Å²) in [7, 11) is 0. The van der Waals surface area contributed by atoms with Crippen LogP contribution in [0.5, 0.6) is 0 Å². The second kappa shape index (κ2) is 8.82. The number of hydrogen-bond acceptors (Lipinski definition) is 4. The Balaban J connectivity index is 1.41. The van der Waals surface area contributed by atoms with Gasteiger partial charge in [-0.2, -0.15) is 0 Å². The number of amides is 1. The molecule has 1 N–H and O–H groups in total. The van der Waals surface area contributed by atoms with Crippen molar-refractivity contribution >= 4 is 17.3 Å². The van der Waals surface area contributed by atoms with Crippen molar-refractivity contribution in [2.45, 2.75) is 12.6 Å². The summed E-state index contributed by atoms with van der Waals surface area (Å²) in [4.78, 5) is 17.7. The molecule has 2 aliphatic heterocycles. The number of ether oxygens (including phenoxy) is 1. The number of morpholine rings is 1. The van der Waals surface area contributed by atoms with Crippen LogP contribution in [-0.2, 0) is 11.2 Å². The molecule has 3 aromatic carbocycles. The molecule has 0 unspecified atom stereocenters. The van der Waals surface area contributed by atoms with Crippen molar-refractivity contribution < 1.29 is 9.53 Å². The molecule has 1 fully saturated rings. The van der Waals surface area contributed by atoms with Crippen LogP contribution >= 0.6 is 0 Å². The SMILES string of the molecule is O=C1c2ccccc2N[C@@H](c2ccc(N3CCOCC3)cc2)N1CCc1ccccc1. The number of benzene rings is 3. The minimum absolute atomic E-state index is 0.0764. The molecule has 0 radical (unpaired) electrons. The maximum absolute atomic E-state index is 13.4. The van der Waals surface area contributed by atoms with Gasteiger partial charge >= 0.3 is 0 Å². The van der Waals surface area contributed by atoms with Crippen molar-refractivity contribution in [3.05, 3.63) is 95.6 Å². The zero-order chi connectivity index (χ0) is 21.0. The van der Waals surface area contributed by atoms with Gasteiger partial charge in [-0.15, -0.1) is 0 Å². The molecule has 2 aliphatic rings. The molecule has 158 valence electrons. The average molecular weight is 414 g/mol. The lowest BCUT2D eigenvalue weighted by atomic mass is 10.0. The number of carbonyl (C=O) groups is 1. The minimum Gasteiger partial charge on any atom is -0.378 e. The molecule has 5 rings (SSSR count). The van der Waals surface area contributed by atoms with Crippen molar-refractivity contribution in [2.24, 2.45) is 0 Å². The van der Waals surface area contributed by atoms with Gasteiger partial charge in [-0.05, 0) is 41.8 Å². The van der Waals surface area contributed by atoms with Gasteiger partial charge in [0, 0.05) is 31.0 Å². The normalized spacial score (nSPS) is 18.5. The van der Waals surface area contributed by atoms with Gasteiger partial charge in [-0.3, -0.25) is 4.79 Å². The van der Waals surface area contributed by atoms with Crippen molar-refractivity contribution in [3.63, 3.8) is 0 Å². The summed E-state index contributed by atoms with van der Waals surface area (Å²) >= 11 is 0. The molecule has 0 bridgehead atoms. The Kier molecular flexibility index (Phi) is 5.59. The van der Waals surface area contributed by atoms with Crippen molar-refractivity contribution in [1.82, 2.24) is 4.90 Å². The Hall–Kier alpha value is -3.31. The number of nitrogens with zero attached hydrogens (tertiary/aromatic N) is 2. The second-order valence-corrected chi connectivity index (χ2v) is 8.02. The van der Waals surface area contributed by atoms with E-state index in [2.05, 4.69) is 46.6 Å². The third kappa shape index (κ3) is 4.14. The minimum atomic E-state index is -0.190. The Labute approximate surface area is 183 Å². The van der Waals surface area contributed by atoms with E-state index in [1.807, 2.05) is 47.4 Å². The van der Waals surface area contributed by atoms with Crippen LogP contribution in [0.3, 0.4) is 0 Å². The number of para-hydroxylation sites is 1. The highest BCUT2D eigenvalue weighted by atomic mass is 16.5. The van der Waals surface area contributed by atoms with Gasteiger partial charge in [0.1, 0.15) is 6.17 Å². The van der Waals surface area contributed by atoms with Crippen LogP contribution in [0.4, 0.5) is 11.4 Å². The van der Waals surface area contributed by atoms with Crippen molar-refractivity contribution in [3.8, 4) is 0 Å². The molecule has 0 aliphatic carbocycles. The summed E-state index contributed by atoms with van der Waals surface area (Å²) in [6.07, 6.45) is 0.628. The van der Waals surface area contributed by atoms with Gasteiger partial charge in [0.25, 0.3) is 5.91 Å². The zero-order valence-electron chi connectivity index (χ0n) is 17.5. The molecule has 1 saturated heterocycles. The molecule has 0 saturated carbocycles. The lowest BCUT2D eigenvalue weighted by Gasteiger charge is -2.38. The number of fused-ring (bicyclic) bond motifs is 1. The first kappa shape index (κ1) is 19.6. The second-order valence-electron chi connectivity index (χ2n) is 8.02. The van der Waals surface area contributed by atoms with Gasteiger partial charge in [0.15, 0.2) is 0 Å². The molecule has 1 atom stereocenters. The highest BCUT2D eigenvalue weighted by Gasteiger charge is 2.32. The molecule has 5 nitrogen and oxygen atoms in total. The van der Waals surface area contributed by atoms with E-state index in [4.69, 9.17) is 4.74 Å². The lowest BCUT2D eigenvalue weighted by Crippen LogP contribution is -2.44. The summed E-state index contributed by atoms with van der Waals surface area (Å²) in [5.41, 5.74) is 5.15. The largest absolute Gasteiger partial charge is 0.378 e. The van der Waals surface area contributed by atoms with Gasteiger partial charge < -0.3 is 19.9 Å². The highest BCUT2D eigenvalue weighted by Crippen LogP contribution is 2.34. The van der Waals surface area contributed by atoms with E-state index in [1.165, 1.54) is 11.3 Å². The molecule has 3 aromatic rings. The van der Waals surface area contributed by atoms with Gasteiger partial charge in [-0.25, -0.2) is 0 Å². The first-order valence-electron chi connectivity index (χ1n) is 10.9. The first-order chi connectivity index (χ1) is 15.3. The number of carbonyl (C=O) groups excluding carboxylic acids is 1. The van der Waals surface area contributed by atoms with Gasteiger partial charge in [0.2, 0.25) is 0 Å². The number of hydrogen-bond donors (Lipinski definition) is 1. The van der Waals surface area contributed by atoms with Gasteiger partial charge in [-0.1, -0.05) is 54.6 Å². The Morgan fingerprint density at radius 1 is 0.871 bits per heavy atom. The Morgan fingerprint density at radius 2 is 1.58 bits per heavy atom. The fraction of sp³-hybridized carbons (Fsp3) is 0.269. The topological polar surface area (TPSA) is 44.8 Å². The third-order valence-electron chi connectivity index (χ3n) is 6.09. The molecular weight excluding hydrogens is 386 g/mol. The summed E-state index contributed by atoms with van der Waals surface area (Å²) in [5.74, 6) is 0.0764. The van der Waals surface area contributed by atoms with Crippen molar-refractivity contribution in [1.29, 1.82) is 0 Å². The van der Waals surface area contributed by atoms with E-state index < -0.39 is 0 Å². The van der Waals surface area contributed by atoms with Crippen LogP contribution in [0.2, 0.25) is 0 Å². The summed E-state index contributed by atoms with van der Waals surface area (Å²) in [6, 6.07) is 26.7. The molecule has 31 heavy (non-hydrogen) atoms. The number of anilines is 2. The first-order valence-corrected chi connectivity index (χ1v) is 10.9. The van der Waals surface area contributed by atoms with Crippen LogP contribution < -0.4 is 10.2 Å². The fourth-order valence-corrected chi connectivity index (χ4v) is 4.37. The van der Waals surface area contributed by atoms with Crippen LogP contribution in [0.15, 0.2) is 78.9 Å². The highest BCUT2D eigenvalue weighted by molar-refractivity contribution is 6.01. The molecule has 0 aromatic heterocycles. The maximum atomic E-state index is 13.4. The van der Waals surface area contributed by atoms with Crippen LogP contribution in [0, 0.1) is 0 Å². The fourth-order valence-electron chi connectivity index (χ4n) is 4.37. The molecular formula is C26H27N3O2. The number of rotatable bonds is 5. The van der Waals surface area contributed by atoms with Crippen LogP contribution in [0.25, 0.3) is 0 Å². The average Bonchev–Trinajstić information content (AvgIpc) is 2.85. The van der Waals surface area contributed by atoms with E-state index in [0.29, 0.717) is 6.54 Å². The van der Waals surface area contributed by atoms with E-state index in [9.17, 15) is 4.79 Å². The lowest BCUT2D eigenvalue weighted by molar-refractivity contribution is 0.0685. The summed E-state index contributed by atoms with van der Waals surface area (Å²) in [6.45, 7) is 4.02. The molecule has 5 heteroatoms. The van der Waals surface area contributed by atoms with Gasteiger partial charge in [0.05, 0.1) is 18.8 Å². The maximum Gasteiger partial charge on any atom is 0.257 e. The van der Waals surface area contributed by atoms with Crippen LogP contribution in [0.1, 0.15) is 27.7 Å². The summed E-state index contributed by atoms with van der Waals surface area (Å²) < 4.78 is 5.47. The predicted molar refractivity (Wildman–Crippen MR) is 123 cm³/mol. The molecule has 2 heterocycles. The predicted octanol–water partition coefficient (Wildman–Crippen LogP) is 4.33. The Bertz CT molecular complexity index is 1030. The number of nitrogens with one attached hydrogen (secondary N) is 1. The molecule has 0 spiro atoms. The quantitative estimate of drug-likeness (QED) is 0.676. The van der Waals surface area contributed by atoms with E-state index >= 15 is 0 Å². The summed E-state index contributed by atoms with van der Waals surface area (Å²) in [5, 5.41) is 3.60. The standard InChI is InChI=1S/C26H27N3O2/c30-26-23-8-4-5-9-24(23)27-25(29(26)15-14-20-6-2-1-3-7-20)21-10-12-22(13-11-21)28-16-18-31-19-17-28/h1-13,25,27H,14-19H2/t25-/m1/s1.